The summed E-state index contributed by atoms with van der Waals surface area (Å²) in [5, 5.41) is 0. The molecule has 1 unspecified atom stereocenters. The van der Waals surface area contributed by atoms with Crippen LogP contribution in [0.5, 0.6) is 0 Å². The molecule has 0 saturated carbocycles. The van der Waals surface area contributed by atoms with Gasteiger partial charge in [0.15, 0.2) is 0 Å². The molecule has 0 aromatic heterocycles. The van der Waals surface area contributed by atoms with Gasteiger partial charge in [-0.05, 0) is 43.4 Å². The van der Waals surface area contributed by atoms with Crippen LogP contribution in [0.3, 0.4) is 0 Å². The number of piperidine rings is 1. The second-order valence-electron chi connectivity index (χ2n) is 5.70. The zero-order valence-corrected chi connectivity index (χ0v) is 12.3. The summed E-state index contributed by atoms with van der Waals surface area (Å²) in [6, 6.07) is 9.44. The molecule has 0 radical (unpaired) electrons. The maximum Gasteiger partial charge on any atom is 0.0180 e. The minimum atomic E-state index is 0.661. The van der Waals surface area contributed by atoms with Gasteiger partial charge in [0.2, 0.25) is 0 Å². The van der Waals surface area contributed by atoms with Crippen molar-refractivity contribution in [2.75, 3.05) is 13.1 Å². The summed E-state index contributed by atoms with van der Waals surface area (Å²) in [4.78, 5) is 2.71. The van der Waals surface area contributed by atoms with Crippen molar-refractivity contribution < 1.29 is 0 Å². The fraction of sp³-hybridized carbons (Fsp3) is 0.647. The quantitative estimate of drug-likeness (QED) is 0.850. The zero-order chi connectivity index (χ0) is 13.5. The number of rotatable bonds is 6. The van der Waals surface area contributed by atoms with Crippen molar-refractivity contribution >= 4 is 0 Å². The lowest BCUT2D eigenvalue weighted by Crippen LogP contribution is -2.40. The van der Waals surface area contributed by atoms with E-state index in [-0.39, 0.29) is 0 Å². The summed E-state index contributed by atoms with van der Waals surface area (Å²) in [6.45, 7) is 5.45. The van der Waals surface area contributed by atoms with Crippen molar-refractivity contribution in [1.29, 1.82) is 0 Å². The highest BCUT2D eigenvalue weighted by molar-refractivity contribution is 5.27. The van der Waals surface area contributed by atoms with Crippen molar-refractivity contribution in [3.63, 3.8) is 0 Å². The zero-order valence-electron chi connectivity index (χ0n) is 12.3. The predicted octanol–water partition coefficient (Wildman–Crippen LogP) is 3.34. The third kappa shape index (κ3) is 4.05. The minimum Gasteiger partial charge on any atom is -0.326 e. The maximum atomic E-state index is 5.82. The highest BCUT2D eigenvalue weighted by atomic mass is 15.2. The molecule has 1 fully saturated rings. The first-order valence-corrected chi connectivity index (χ1v) is 7.86. The van der Waals surface area contributed by atoms with Crippen LogP contribution in [-0.4, -0.2) is 24.0 Å². The summed E-state index contributed by atoms with van der Waals surface area (Å²) in [5.41, 5.74) is 8.57. The van der Waals surface area contributed by atoms with Crippen molar-refractivity contribution in [2.45, 2.75) is 58.0 Å². The van der Waals surface area contributed by atoms with Crippen LogP contribution in [0.1, 0.15) is 50.2 Å². The number of hydrogen-bond donors (Lipinski definition) is 1. The molecule has 1 atom stereocenters. The molecule has 2 rings (SSSR count). The Morgan fingerprint density at radius 2 is 2.00 bits per heavy atom. The van der Waals surface area contributed by atoms with Gasteiger partial charge in [-0.2, -0.15) is 0 Å². The van der Waals surface area contributed by atoms with Gasteiger partial charge < -0.3 is 10.6 Å². The normalized spacial score (nSPS) is 20.6. The largest absolute Gasteiger partial charge is 0.326 e. The molecule has 19 heavy (non-hydrogen) atoms. The van der Waals surface area contributed by atoms with Crippen molar-refractivity contribution in [2.24, 2.45) is 5.73 Å². The summed E-state index contributed by atoms with van der Waals surface area (Å²) >= 11 is 0. The Morgan fingerprint density at radius 1 is 1.21 bits per heavy atom. The van der Waals surface area contributed by atoms with Crippen molar-refractivity contribution in [1.82, 2.24) is 4.90 Å². The Balaban J connectivity index is 1.92. The SMILES string of the molecule is CCCC1CCCCN1CCc1ccccc1CN. The van der Waals surface area contributed by atoms with Crippen LogP contribution in [0, 0.1) is 0 Å². The lowest BCUT2D eigenvalue weighted by atomic mass is 9.97. The van der Waals surface area contributed by atoms with Crippen LogP contribution in [0.2, 0.25) is 0 Å². The number of likely N-dealkylation sites (tertiary alicyclic amines) is 1. The Morgan fingerprint density at radius 3 is 2.74 bits per heavy atom. The lowest BCUT2D eigenvalue weighted by molar-refractivity contribution is 0.141. The first-order chi connectivity index (χ1) is 9.35. The third-order valence-electron chi connectivity index (χ3n) is 4.38. The lowest BCUT2D eigenvalue weighted by Gasteiger charge is -2.35. The molecule has 2 N–H and O–H groups in total. The summed E-state index contributed by atoms with van der Waals surface area (Å²) in [6.07, 6.45) is 8.00. The van der Waals surface area contributed by atoms with E-state index in [9.17, 15) is 0 Å². The van der Waals surface area contributed by atoms with Gasteiger partial charge in [0.05, 0.1) is 0 Å². The van der Waals surface area contributed by atoms with Crippen molar-refractivity contribution in [3.05, 3.63) is 35.4 Å². The molecular weight excluding hydrogens is 232 g/mol. The van der Waals surface area contributed by atoms with E-state index in [0.717, 1.165) is 12.5 Å². The van der Waals surface area contributed by atoms with Crippen molar-refractivity contribution in [3.8, 4) is 0 Å². The van der Waals surface area contributed by atoms with Gasteiger partial charge in [0, 0.05) is 19.1 Å². The first-order valence-electron chi connectivity index (χ1n) is 7.86. The molecule has 0 amide bonds. The Hall–Kier alpha value is -0.860. The standard InChI is InChI=1S/C17H28N2/c1-2-7-17-10-5-6-12-19(17)13-11-15-8-3-4-9-16(15)14-18/h3-4,8-9,17H,2,5-7,10-14,18H2,1H3. The molecule has 2 heteroatoms. The van der Waals surface area contributed by atoms with Gasteiger partial charge in [0.25, 0.3) is 0 Å². The molecule has 1 aromatic carbocycles. The van der Waals surface area contributed by atoms with Crippen LogP contribution >= 0.6 is 0 Å². The maximum absolute atomic E-state index is 5.82. The smallest absolute Gasteiger partial charge is 0.0180 e. The Bertz CT molecular complexity index is 373. The van der Waals surface area contributed by atoms with Gasteiger partial charge in [-0.15, -0.1) is 0 Å². The molecule has 1 aromatic rings. The van der Waals surface area contributed by atoms with E-state index in [2.05, 4.69) is 36.1 Å². The van der Waals surface area contributed by atoms with Crippen LogP contribution in [0.25, 0.3) is 0 Å². The Labute approximate surface area is 118 Å². The van der Waals surface area contributed by atoms with Crippen LogP contribution in [-0.2, 0) is 13.0 Å². The molecule has 1 heterocycles. The fourth-order valence-corrected chi connectivity index (χ4v) is 3.28. The number of benzene rings is 1. The molecule has 106 valence electrons. The monoisotopic (exact) mass is 260 g/mol. The second-order valence-corrected chi connectivity index (χ2v) is 5.70. The average molecular weight is 260 g/mol. The van der Waals surface area contributed by atoms with Crippen LogP contribution in [0.15, 0.2) is 24.3 Å². The van der Waals surface area contributed by atoms with Gasteiger partial charge in [-0.25, -0.2) is 0 Å². The predicted molar refractivity (Wildman–Crippen MR) is 82.2 cm³/mol. The number of hydrogen-bond acceptors (Lipinski definition) is 2. The topological polar surface area (TPSA) is 29.3 Å². The van der Waals surface area contributed by atoms with Crippen LogP contribution < -0.4 is 5.73 Å². The highest BCUT2D eigenvalue weighted by Crippen LogP contribution is 2.21. The van der Waals surface area contributed by atoms with Gasteiger partial charge in [-0.3, -0.25) is 0 Å². The Kier molecular flexibility index (Phi) is 5.87. The number of nitrogens with zero attached hydrogens (tertiary/aromatic N) is 1. The van der Waals surface area contributed by atoms with E-state index in [1.807, 2.05) is 0 Å². The molecule has 0 spiro atoms. The molecule has 0 aliphatic carbocycles. The minimum absolute atomic E-state index is 0.661. The summed E-state index contributed by atoms with van der Waals surface area (Å²) in [7, 11) is 0. The second kappa shape index (κ2) is 7.66. The molecule has 2 nitrogen and oxygen atoms in total. The van der Waals surface area contributed by atoms with E-state index in [0.29, 0.717) is 6.54 Å². The van der Waals surface area contributed by atoms with E-state index < -0.39 is 0 Å². The molecule has 0 bridgehead atoms. The molecular formula is C17H28N2. The van der Waals surface area contributed by atoms with E-state index in [4.69, 9.17) is 5.73 Å². The van der Waals surface area contributed by atoms with Gasteiger partial charge in [-0.1, -0.05) is 44.0 Å². The molecule has 1 saturated heterocycles. The summed E-state index contributed by atoms with van der Waals surface area (Å²) in [5.74, 6) is 0. The highest BCUT2D eigenvalue weighted by Gasteiger charge is 2.21. The first kappa shape index (κ1) is 14.5. The van der Waals surface area contributed by atoms with Gasteiger partial charge >= 0.3 is 0 Å². The van der Waals surface area contributed by atoms with E-state index >= 15 is 0 Å². The fourth-order valence-electron chi connectivity index (χ4n) is 3.28. The van der Waals surface area contributed by atoms with Gasteiger partial charge in [0.1, 0.15) is 0 Å². The average Bonchev–Trinajstić information content (AvgIpc) is 2.47. The molecule has 1 aliphatic rings. The number of nitrogens with two attached hydrogens (primary N) is 1. The van der Waals surface area contributed by atoms with E-state index in [1.165, 1.54) is 56.3 Å². The summed E-state index contributed by atoms with van der Waals surface area (Å²) < 4.78 is 0. The van der Waals surface area contributed by atoms with E-state index in [1.54, 1.807) is 0 Å². The van der Waals surface area contributed by atoms with Crippen LogP contribution in [0.4, 0.5) is 0 Å². The third-order valence-corrected chi connectivity index (χ3v) is 4.38. The molecule has 1 aliphatic heterocycles.